The number of hydrogen-bond acceptors (Lipinski definition) is 4. The lowest BCUT2D eigenvalue weighted by molar-refractivity contribution is -0.137. The summed E-state index contributed by atoms with van der Waals surface area (Å²) in [5.41, 5.74) is -0.387. The monoisotopic (exact) mass is 364 g/mol. The van der Waals surface area contributed by atoms with Crippen molar-refractivity contribution < 1.29 is 18.0 Å². The van der Waals surface area contributed by atoms with Gasteiger partial charge >= 0.3 is 6.18 Å². The van der Waals surface area contributed by atoms with E-state index in [0.29, 0.717) is 0 Å². The molecule has 26 heavy (non-hydrogen) atoms. The summed E-state index contributed by atoms with van der Waals surface area (Å²) in [5, 5.41) is 10.6. The number of nitrogens with one attached hydrogen (secondary N) is 1. The van der Waals surface area contributed by atoms with Crippen LogP contribution in [-0.4, -0.2) is 29.2 Å². The largest absolute Gasteiger partial charge is 0.416 e. The van der Waals surface area contributed by atoms with Crippen molar-refractivity contribution in [2.75, 3.05) is 23.3 Å². The minimum atomic E-state index is -4.41. The predicted molar refractivity (Wildman–Crippen MR) is 92.1 cm³/mol. The molecule has 0 bridgehead atoms. The van der Waals surface area contributed by atoms with Gasteiger partial charge in [0, 0.05) is 18.8 Å². The van der Waals surface area contributed by atoms with Gasteiger partial charge in [0.15, 0.2) is 11.5 Å². The number of halogens is 3. The van der Waals surface area contributed by atoms with Crippen LogP contribution in [0.3, 0.4) is 0 Å². The van der Waals surface area contributed by atoms with Crippen molar-refractivity contribution in [3.63, 3.8) is 0 Å². The van der Waals surface area contributed by atoms with E-state index in [1.165, 1.54) is 25.0 Å². The second-order valence-corrected chi connectivity index (χ2v) is 6.21. The second kappa shape index (κ2) is 7.72. The standard InChI is InChI=1S/C18H19F3N4O/c19-18(20,21)13-5-7-14(8-6-13)22-17(26)15-9-10-16(24-23-15)25-11-3-1-2-4-12-25/h5-10H,1-4,11-12H2,(H,22,26). The van der Waals surface area contributed by atoms with Gasteiger partial charge in [0.05, 0.1) is 5.56 Å². The minimum absolute atomic E-state index is 0.114. The molecular weight excluding hydrogens is 345 g/mol. The molecule has 1 saturated heterocycles. The maximum Gasteiger partial charge on any atom is 0.416 e. The number of alkyl halides is 3. The third-order valence-electron chi connectivity index (χ3n) is 4.28. The molecule has 0 atom stereocenters. The van der Waals surface area contributed by atoms with Crippen LogP contribution in [0.15, 0.2) is 36.4 Å². The van der Waals surface area contributed by atoms with E-state index in [9.17, 15) is 18.0 Å². The Kier molecular flexibility index (Phi) is 5.39. The van der Waals surface area contributed by atoms with Crippen LogP contribution in [0.4, 0.5) is 24.7 Å². The van der Waals surface area contributed by atoms with Gasteiger partial charge < -0.3 is 10.2 Å². The van der Waals surface area contributed by atoms with Crippen LogP contribution in [0.1, 0.15) is 41.7 Å². The molecule has 1 amide bonds. The van der Waals surface area contributed by atoms with E-state index in [1.54, 1.807) is 12.1 Å². The second-order valence-electron chi connectivity index (χ2n) is 6.21. The van der Waals surface area contributed by atoms with Gasteiger partial charge in [-0.05, 0) is 49.2 Å². The van der Waals surface area contributed by atoms with E-state index in [4.69, 9.17) is 0 Å². The number of amides is 1. The Bertz CT molecular complexity index is 737. The Morgan fingerprint density at radius 1 is 0.923 bits per heavy atom. The van der Waals surface area contributed by atoms with Crippen LogP contribution in [0, 0.1) is 0 Å². The van der Waals surface area contributed by atoms with Crippen LogP contribution in [0.5, 0.6) is 0 Å². The van der Waals surface area contributed by atoms with E-state index in [0.717, 1.165) is 43.9 Å². The molecule has 8 heteroatoms. The fourth-order valence-corrected chi connectivity index (χ4v) is 2.85. The van der Waals surface area contributed by atoms with E-state index in [1.807, 2.05) is 0 Å². The Hall–Kier alpha value is -2.64. The summed E-state index contributed by atoms with van der Waals surface area (Å²) in [6.07, 6.45) is 0.224. The smallest absolute Gasteiger partial charge is 0.355 e. The average molecular weight is 364 g/mol. The topological polar surface area (TPSA) is 58.1 Å². The van der Waals surface area contributed by atoms with Crippen LogP contribution in [0.25, 0.3) is 0 Å². The van der Waals surface area contributed by atoms with Crippen LogP contribution in [0.2, 0.25) is 0 Å². The quantitative estimate of drug-likeness (QED) is 0.890. The van der Waals surface area contributed by atoms with Crippen molar-refractivity contribution >= 4 is 17.4 Å². The first kappa shape index (κ1) is 18.2. The minimum Gasteiger partial charge on any atom is -0.355 e. The molecule has 1 fully saturated rings. The van der Waals surface area contributed by atoms with Crippen LogP contribution in [-0.2, 0) is 6.18 Å². The van der Waals surface area contributed by atoms with Gasteiger partial charge in [0.2, 0.25) is 0 Å². The summed E-state index contributed by atoms with van der Waals surface area (Å²) in [7, 11) is 0. The molecular formula is C18H19F3N4O. The van der Waals surface area contributed by atoms with Crippen LogP contribution < -0.4 is 10.2 Å². The molecule has 2 aromatic rings. The maximum absolute atomic E-state index is 12.6. The van der Waals surface area contributed by atoms with E-state index < -0.39 is 17.6 Å². The zero-order valence-electron chi connectivity index (χ0n) is 14.1. The SMILES string of the molecule is O=C(Nc1ccc(C(F)(F)F)cc1)c1ccc(N2CCCCCC2)nn1. The highest BCUT2D eigenvalue weighted by Gasteiger charge is 2.30. The van der Waals surface area contributed by atoms with Gasteiger partial charge in [-0.3, -0.25) is 4.79 Å². The highest BCUT2D eigenvalue weighted by molar-refractivity contribution is 6.02. The molecule has 1 N–H and O–H groups in total. The summed E-state index contributed by atoms with van der Waals surface area (Å²) in [6.45, 7) is 1.84. The number of rotatable bonds is 3. The summed E-state index contributed by atoms with van der Waals surface area (Å²) in [4.78, 5) is 14.3. The van der Waals surface area contributed by atoms with E-state index in [2.05, 4.69) is 20.4 Å². The number of anilines is 2. The highest BCUT2D eigenvalue weighted by Crippen LogP contribution is 2.29. The molecule has 0 unspecified atom stereocenters. The molecule has 138 valence electrons. The highest BCUT2D eigenvalue weighted by atomic mass is 19.4. The fourth-order valence-electron chi connectivity index (χ4n) is 2.85. The van der Waals surface area contributed by atoms with Gasteiger partial charge in [-0.2, -0.15) is 13.2 Å². The lowest BCUT2D eigenvalue weighted by Gasteiger charge is -2.20. The number of benzene rings is 1. The molecule has 1 aliphatic rings. The third kappa shape index (κ3) is 4.50. The van der Waals surface area contributed by atoms with Crippen LogP contribution >= 0.6 is 0 Å². The van der Waals surface area contributed by atoms with Crippen molar-refractivity contribution in [1.82, 2.24) is 10.2 Å². The van der Waals surface area contributed by atoms with Crippen molar-refractivity contribution in [1.29, 1.82) is 0 Å². The fraction of sp³-hybridized carbons (Fsp3) is 0.389. The van der Waals surface area contributed by atoms with Gasteiger partial charge in [-0.1, -0.05) is 12.8 Å². The first-order valence-electron chi connectivity index (χ1n) is 8.51. The zero-order chi connectivity index (χ0) is 18.6. The Morgan fingerprint density at radius 2 is 1.58 bits per heavy atom. The van der Waals surface area contributed by atoms with Crippen molar-refractivity contribution in [2.24, 2.45) is 0 Å². The van der Waals surface area contributed by atoms with E-state index in [-0.39, 0.29) is 11.4 Å². The Labute approximate surface area is 149 Å². The van der Waals surface area contributed by atoms with Crippen molar-refractivity contribution in [3.8, 4) is 0 Å². The van der Waals surface area contributed by atoms with Gasteiger partial charge in [-0.25, -0.2) is 0 Å². The number of nitrogens with zero attached hydrogens (tertiary/aromatic N) is 3. The number of hydrogen-bond donors (Lipinski definition) is 1. The van der Waals surface area contributed by atoms with Gasteiger partial charge in [0.25, 0.3) is 5.91 Å². The summed E-state index contributed by atoms with van der Waals surface area (Å²) in [6, 6.07) is 7.58. The molecule has 0 aliphatic carbocycles. The molecule has 1 aromatic heterocycles. The van der Waals surface area contributed by atoms with E-state index >= 15 is 0 Å². The molecule has 1 aromatic carbocycles. The Morgan fingerprint density at radius 3 is 2.12 bits per heavy atom. The lowest BCUT2D eigenvalue weighted by Crippen LogP contribution is -2.25. The molecule has 0 saturated carbocycles. The number of carbonyl (C=O) groups excluding carboxylic acids is 1. The Balaban J connectivity index is 1.64. The summed E-state index contributed by atoms with van der Waals surface area (Å²) in [5.74, 6) is 0.220. The average Bonchev–Trinajstić information content (AvgIpc) is 2.91. The van der Waals surface area contributed by atoms with Gasteiger partial charge in [0.1, 0.15) is 0 Å². The molecule has 5 nitrogen and oxygen atoms in total. The maximum atomic E-state index is 12.6. The molecule has 0 spiro atoms. The number of carbonyl (C=O) groups is 1. The predicted octanol–water partition coefficient (Wildman–Crippen LogP) is 4.13. The molecule has 2 heterocycles. The van der Waals surface area contributed by atoms with Crippen molar-refractivity contribution in [3.05, 3.63) is 47.7 Å². The third-order valence-corrected chi connectivity index (χ3v) is 4.28. The molecule has 0 radical (unpaired) electrons. The first-order valence-corrected chi connectivity index (χ1v) is 8.51. The van der Waals surface area contributed by atoms with Gasteiger partial charge in [-0.15, -0.1) is 10.2 Å². The summed E-state index contributed by atoms with van der Waals surface area (Å²) < 4.78 is 37.7. The molecule has 3 rings (SSSR count). The summed E-state index contributed by atoms with van der Waals surface area (Å²) >= 11 is 0. The molecule has 1 aliphatic heterocycles. The first-order chi connectivity index (χ1) is 12.4. The van der Waals surface area contributed by atoms with Crippen molar-refractivity contribution in [2.45, 2.75) is 31.9 Å². The zero-order valence-corrected chi connectivity index (χ0v) is 14.1. The normalized spacial score (nSPS) is 15.4. The number of aromatic nitrogens is 2. The lowest BCUT2D eigenvalue weighted by atomic mass is 10.2.